The van der Waals surface area contributed by atoms with Gasteiger partial charge in [0.05, 0.1) is 0 Å². The SMILES string of the molecule is CCCCCC[C@@]1(O)O[C@H](C(N)OC(C)=O)[C@H](OC(C)=O)[C@H](OC(C)=O)[C@H]1OC(C)=O. The van der Waals surface area contributed by atoms with Gasteiger partial charge in [-0.1, -0.05) is 26.2 Å². The highest BCUT2D eigenvalue weighted by Gasteiger charge is 2.60. The molecule has 11 nitrogen and oxygen atoms in total. The van der Waals surface area contributed by atoms with Gasteiger partial charge < -0.3 is 28.8 Å². The van der Waals surface area contributed by atoms with E-state index in [1.807, 2.05) is 6.92 Å². The van der Waals surface area contributed by atoms with Crippen LogP contribution >= 0.6 is 0 Å². The Morgan fingerprint density at radius 3 is 1.94 bits per heavy atom. The monoisotopic (exact) mass is 447 g/mol. The molecule has 1 heterocycles. The Hall–Kier alpha value is -2.24. The fraction of sp³-hybridized carbons (Fsp3) is 0.800. The number of hydrogen-bond donors (Lipinski definition) is 2. The second-order valence-corrected chi connectivity index (χ2v) is 7.49. The first kappa shape index (κ1) is 26.8. The second-order valence-electron chi connectivity index (χ2n) is 7.49. The van der Waals surface area contributed by atoms with E-state index in [-0.39, 0.29) is 6.42 Å². The van der Waals surface area contributed by atoms with E-state index in [1.54, 1.807) is 0 Å². The largest absolute Gasteiger partial charge is 0.455 e. The number of nitrogens with two attached hydrogens (primary N) is 1. The summed E-state index contributed by atoms with van der Waals surface area (Å²) in [6.07, 6.45) is -4.19. The second kappa shape index (κ2) is 12.0. The van der Waals surface area contributed by atoms with Crippen molar-refractivity contribution in [2.75, 3.05) is 0 Å². The summed E-state index contributed by atoms with van der Waals surface area (Å²) in [4.78, 5) is 46.7. The first-order valence-corrected chi connectivity index (χ1v) is 10.3. The lowest BCUT2D eigenvalue weighted by atomic mass is 9.88. The summed E-state index contributed by atoms with van der Waals surface area (Å²) in [5, 5.41) is 11.3. The van der Waals surface area contributed by atoms with Crippen LogP contribution in [0.3, 0.4) is 0 Å². The minimum absolute atomic E-state index is 0.00120. The zero-order valence-electron chi connectivity index (χ0n) is 18.6. The molecular formula is C20H33NO10. The van der Waals surface area contributed by atoms with E-state index in [0.29, 0.717) is 6.42 Å². The number of hydrogen-bond acceptors (Lipinski definition) is 11. The summed E-state index contributed by atoms with van der Waals surface area (Å²) in [5.41, 5.74) is 5.93. The zero-order chi connectivity index (χ0) is 23.8. The van der Waals surface area contributed by atoms with Gasteiger partial charge >= 0.3 is 23.9 Å². The number of esters is 4. The summed E-state index contributed by atoms with van der Waals surface area (Å²) in [6, 6.07) is 0. The van der Waals surface area contributed by atoms with Crippen LogP contribution in [0.25, 0.3) is 0 Å². The third-order valence-corrected chi connectivity index (χ3v) is 4.64. The van der Waals surface area contributed by atoms with E-state index in [2.05, 4.69) is 0 Å². The number of carbonyl (C=O) groups is 4. The molecule has 178 valence electrons. The van der Waals surface area contributed by atoms with E-state index in [0.717, 1.165) is 47.0 Å². The molecule has 1 fully saturated rings. The minimum Gasteiger partial charge on any atom is -0.455 e. The van der Waals surface area contributed by atoms with Gasteiger partial charge in [-0.3, -0.25) is 24.9 Å². The van der Waals surface area contributed by atoms with Crippen LogP contribution in [0.4, 0.5) is 0 Å². The van der Waals surface area contributed by atoms with E-state index in [4.69, 9.17) is 29.4 Å². The third kappa shape index (κ3) is 8.08. The summed E-state index contributed by atoms with van der Waals surface area (Å²) in [5.74, 6) is -5.22. The molecule has 31 heavy (non-hydrogen) atoms. The van der Waals surface area contributed by atoms with Crippen LogP contribution < -0.4 is 5.73 Å². The maximum atomic E-state index is 11.8. The Bertz CT molecular complexity index is 654. The summed E-state index contributed by atoms with van der Waals surface area (Å²) < 4.78 is 26.6. The maximum absolute atomic E-state index is 11.8. The van der Waals surface area contributed by atoms with E-state index >= 15 is 0 Å². The fourth-order valence-corrected chi connectivity index (χ4v) is 3.49. The molecule has 0 bridgehead atoms. The van der Waals surface area contributed by atoms with Crippen molar-refractivity contribution in [3.8, 4) is 0 Å². The predicted molar refractivity (Wildman–Crippen MR) is 105 cm³/mol. The van der Waals surface area contributed by atoms with Crippen molar-refractivity contribution in [2.45, 2.75) is 103 Å². The Morgan fingerprint density at radius 2 is 1.45 bits per heavy atom. The number of carbonyl (C=O) groups excluding carboxylic acids is 4. The molecule has 0 spiro atoms. The molecule has 11 heteroatoms. The van der Waals surface area contributed by atoms with Crippen LogP contribution in [0, 0.1) is 0 Å². The van der Waals surface area contributed by atoms with Crippen molar-refractivity contribution in [2.24, 2.45) is 5.73 Å². The molecule has 0 saturated carbocycles. The van der Waals surface area contributed by atoms with Gasteiger partial charge in [0.1, 0.15) is 0 Å². The molecule has 1 aliphatic rings. The van der Waals surface area contributed by atoms with Crippen molar-refractivity contribution < 1.29 is 48.0 Å². The zero-order valence-corrected chi connectivity index (χ0v) is 18.6. The topological polar surface area (TPSA) is 161 Å². The van der Waals surface area contributed by atoms with Gasteiger partial charge in [-0.2, -0.15) is 0 Å². The van der Waals surface area contributed by atoms with Gasteiger partial charge in [0.2, 0.25) is 5.79 Å². The van der Waals surface area contributed by atoms with E-state index < -0.39 is 60.3 Å². The Labute approximate surface area is 181 Å². The molecule has 1 saturated heterocycles. The lowest BCUT2D eigenvalue weighted by molar-refractivity contribution is -0.360. The van der Waals surface area contributed by atoms with Crippen molar-refractivity contribution >= 4 is 23.9 Å². The lowest BCUT2D eigenvalue weighted by Gasteiger charge is -2.49. The molecule has 1 rings (SSSR count). The molecule has 0 amide bonds. The molecule has 0 radical (unpaired) electrons. The standard InChI is InChI=1S/C20H33NO10/c1-6-7-8-9-10-20(26)18(29-13(4)24)16(28-12(3)23)15(27-11(2)22)17(31-20)19(21)30-14(5)25/h15-19,26H,6-10,21H2,1-5H3/t15-,16+,17+,18-,19?,20-/m1/s1. The summed E-state index contributed by atoms with van der Waals surface area (Å²) >= 11 is 0. The summed E-state index contributed by atoms with van der Waals surface area (Å²) in [7, 11) is 0. The molecule has 0 aromatic rings. The Balaban J connectivity index is 3.42. The van der Waals surface area contributed by atoms with Crippen LogP contribution in [-0.4, -0.2) is 65.4 Å². The predicted octanol–water partition coefficient (Wildman–Crippen LogP) is 0.687. The van der Waals surface area contributed by atoms with E-state index in [1.165, 1.54) is 0 Å². The van der Waals surface area contributed by atoms with Crippen molar-refractivity contribution in [1.82, 2.24) is 0 Å². The number of unbranched alkanes of at least 4 members (excludes halogenated alkanes) is 3. The number of rotatable bonds is 10. The third-order valence-electron chi connectivity index (χ3n) is 4.64. The van der Waals surface area contributed by atoms with Gasteiger partial charge in [0.25, 0.3) is 0 Å². The molecule has 1 unspecified atom stereocenters. The van der Waals surface area contributed by atoms with Crippen LogP contribution in [0.15, 0.2) is 0 Å². The minimum atomic E-state index is -2.14. The Morgan fingerprint density at radius 1 is 0.903 bits per heavy atom. The highest BCUT2D eigenvalue weighted by Crippen LogP contribution is 2.38. The average molecular weight is 447 g/mol. The molecule has 3 N–H and O–H groups in total. The van der Waals surface area contributed by atoms with Crippen LogP contribution in [0.1, 0.15) is 66.7 Å². The van der Waals surface area contributed by atoms with Crippen molar-refractivity contribution in [3.05, 3.63) is 0 Å². The fourth-order valence-electron chi connectivity index (χ4n) is 3.49. The van der Waals surface area contributed by atoms with Crippen LogP contribution in [0.2, 0.25) is 0 Å². The van der Waals surface area contributed by atoms with Gasteiger partial charge in [-0.05, 0) is 6.42 Å². The van der Waals surface area contributed by atoms with Crippen molar-refractivity contribution in [1.29, 1.82) is 0 Å². The average Bonchev–Trinajstić information content (AvgIpc) is 2.62. The normalized spacial score (nSPS) is 28.9. The number of aliphatic hydroxyl groups is 1. The van der Waals surface area contributed by atoms with Gasteiger partial charge in [0, 0.05) is 34.1 Å². The Kier molecular flexibility index (Phi) is 10.3. The number of ether oxygens (including phenoxy) is 5. The van der Waals surface area contributed by atoms with Gasteiger partial charge in [-0.25, -0.2) is 0 Å². The van der Waals surface area contributed by atoms with E-state index in [9.17, 15) is 24.3 Å². The highest BCUT2D eigenvalue weighted by atomic mass is 16.7. The summed E-state index contributed by atoms with van der Waals surface area (Å²) in [6.45, 7) is 6.45. The molecule has 6 atom stereocenters. The molecule has 0 aromatic heterocycles. The molecule has 1 aliphatic heterocycles. The quantitative estimate of drug-likeness (QED) is 0.210. The van der Waals surface area contributed by atoms with Gasteiger partial charge in [0.15, 0.2) is 30.6 Å². The van der Waals surface area contributed by atoms with Crippen molar-refractivity contribution in [3.63, 3.8) is 0 Å². The highest BCUT2D eigenvalue weighted by molar-refractivity contribution is 5.69. The van der Waals surface area contributed by atoms with Gasteiger partial charge in [-0.15, -0.1) is 0 Å². The molecule has 0 aliphatic carbocycles. The molecule has 0 aromatic carbocycles. The molecular weight excluding hydrogens is 414 g/mol. The first-order valence-electron chi connectivity index (χ1n) is 10.3. The smallest absolute Gasteiger partial charge is 0.304 e. The van der Waals surface area contributed by atoms with Crippen LogP contribution in [0.5, 0.6) is 0 Å². The first-order chi connectivity index (χ1) is 14.4. The maximum Gasteiger partial charge on any atom is 0.304 e. The van der Waals surface area contributed by atoms with Crippen LogP contribution in [-0.2, 0) is 42.9 Å². The lowest BCUT2D eigenvalue weighted by Crippen LogP contribution is -2.70.